The lowest BCUT2D eigenvalue weighted by Gasteiger charge is -2.36. The zero-order valence-corrected chi connectivity index (χ0v) is 15.2. The summed E-state index contributed by atoms with van der Waals surface area (Å²) in [6.45, 7) is 6.17. The third kappa shape index (κ3) is 4.11. The molecule has 1 atom stereocenters. The van der Waals surface area contributed by atoms with Crippen molar-refractivity contribution in [1.82, 2.24) is 14.8 Å². The predicted octanol–water partition coefficient (Wildman–Crippen LogP) is 2.19. The van der Waals surface area contributed by atoms with Crippen LogP contribution in [0.25, 0.3) is 0 Å². The van der Waals surface area contributed by atoms with Crippen molar-refractivity contribution in [2.45, 2.75) is 58.0 Å². The number of nitrogens with zero attached hydrogens (tertiary/aromatic N) is 3. The van der Waals surface area contributed by atoms with Crippen molar-refractivity contribution in [3.05, 3.63) is 23.9 Å². The number of piperidine rings is 1. The van der Waals surface area contributed by atoms with E-state index in [4.69, 9.17) is 0 Å². The van der Waals surface area contributed by atoms with Gasteiger partial charge in [0.2, 0.25) is 11.8 Å². The number of carbonyl (C=O) groups is 2. The fourth-order valence-electron chi connectivity index (χ4n) is 3.81. The van der Waals surface area contributed by atoms with Gasteiger partial charge < -0.3 is 15.1 Å². The molecule has 0 bridgehead atoms. The lowest BCUT2D eigenvalue weighted by Crippen LogP contribution is -2.52. The Labute approximate surface area is 149 Å². The maximum Gasteiger partial charge on any atom is 0.245 e. The molecule has 6 nitrogen and oxygen atoms in total. The minimum absolute atomic E-state index is 0.116. The fraction of sp³-hybridized carbons (Fsp3) is 0.632. The summed E-state index contributed by atoms with van der Waals surface area (Å²) in [5.74, 6) is 1.14. The minimum Gasteiger partial charge on any atom is -0.367 e. The van der Waals surface area contributed by atoms with Gasteiger partial charge >= 0.3 is 0 Å². The van der Waals surface area contributed by atoms with Crippen LogP contribution in [-0.4, -0.2) is 58.3 Å². The van der Waals surface area contributed by atoms with E-state index in [-0.39, 0.29) is 17.9 Å². The number of aryl methyl sites for hydroxylation is 1. The van der Waals surface area contributed by atoms with Crippen LogP contribution >= 0.6 is 0 Å². The number of rotatable bonds is 5. The quantitative estimate of drug-likeness (QED) is 0.889. The molecule has 6 heteroatoms. The number of anilines is 1. The van der Waals surface area contributed by atoms with Crippen molar-refractivity contribution in [1.29, 1.82) is 0 Å². The first-order chi connectivity index (χ1) is 12.1. The molecular formula is C19H28N4O2. The zero-order chi connectivity index (χ0) is 17.8. The van der Waals surface area contributed by atoms with E-state index in [9.17, 15) is 9.59 Å². The van der Waals surface area contributed by atoms with Gasteiger partial charge in [0.1, 0.15) is 11.9 Å². The second-order valence-corrected chi connectivity index (χ2v) is 7.02. The van der Waals surface area contributed by atoms with Crippen molar-refractivity contribution in [3.63, 3.8) is 0 Å². The molecule has 2 amide bonds. The summed E-state index contributed by atoms with van der Waals surface area (Å²) in [6, 6.07) is 6.03. The molecule has 2 aliphatic heterocycles. The molecule has 136 valence electrons. The molecule has 1 N–H and O–H groups in total. The smallest absolute Gasteiger partial charge is 0.245 e. The molecule has 0 unspecified atom stereocenters. The van der Waals surface area contributed by atoms with Crippen LogP contribution in [0.4, 0.5) is 5.82 Å². The summed E-state index contributed by atoms with van der Waals surface area (Å²) in [6.07, 6.45) is 3.96. The third-order valence-electron chi connectivity index (χ3n) is 5.20. The van der Waals surface area contributed by atoms with Crippen LogP contribution in [0.3, 0.4) is 0 Å². The monoisotopic (exact) mass is 344 g/mol. The highest BCUT2D eigenvalue weighted by Gasteiger charge is 2.35. The van der Waals surface area contributed by atoms with E-state index >= 15 is 0 Å². The topological polar surface area (TPSA) is 65.5 Å². The SMILES string of the molecule is CC[C@H](C(=O)N1CCC(Nc2cccc(C)n2)CC1)N1CCCC1=O. The van der Waals surface area contributed by atoms with E-state index in [1.54, 1.807) is 4.90 Å². The maximum atomic E-state index is 12.9. The average molecular weight is 344 g/mol. The van der Waals surface area contributed by atoms with Gasteiger partial charge in [-0.3, -0.25) is 9.59 Å². The van der Waals surface area contributed by atoms with Crippen LogP contribution in [0.1, 0.15) is 44.7 Å². The highest BCUT2D eigenvalue weighted by molar-refractivity contribution is 5.88. The summed E-state index contributed by atoms with van der Waals surface area (Å²) in [4.78, 5) is 33.1. The molecule has 2 aliphatic rings. The lowest BCUT2D eigenvalue weighted by atomic mass is 10.0. The van der Waals surface area contributed by atoms with Gasteiger partial charge in [0.05, 0.1) is 0 Å². The average Bonchev–Trinajstić information content (AvgIpc) is 3.02. The van der Waals surface area contributed by atoms with E-state index in [0.717, 1.165) is 50.4 Å². The van der Waals surface area contributed by atoms with Gasteiger partial charge in [0, 0.05) is 37.8 Å². The Bertz CT molecular complexity index is 626. The largest absolute Gasteiger partial charge is 0.367 e. The molecule has 0 saturated carbocycles. The van der Waals surface area contributed by atoms with Crippen molar-refractivity contribution in [2.75, 3.05) is 25.0 Å². The Kier molecular flexibility index (Phi) is 5.56. The molecule has 3 heterocycles. The van der Waals surface area contributed by atoms with Gasteiger partial charge in [-0.25, -0.2) is 4.98 Å². The Morgan fingerprint density at radius 3 is 2.68 bits per heavy atom. The molecule has 0 aliphatic carbocycles. The van der Waals surface area contributed by atoms with Crippen molar-refractivity contribution in [2.24, 2.45) is 0 Å². The summed E-state index contributed by atoms with van der Waals surface area (Å²) < 4.78 is 0. The molecule has 0 aromatic carbocycles. The second kappa shape index (κ2) is 7.85. The molecule has 2 saturated heterocycles. The van der Waals surface area contributed by atoms with Crippen LogP contribution in [-0.2, 0) is 9.59 Å². The Balaban J connectivity index is 1.54. The first kappa shape index (κ1) is 17.7. The Morgan fingerprint density at radius 1 is 1.32 bits per heavy atom. The minimum atomic E-state index is -0.280. The van der Waals surface area contributed by atoms with E-state index in [2.05, 4.69) is 10.3 Å². The predicted molar refractivity (Wildman–Crippen MR) is 97.2 cm³/mol. The van der Waals surface area contributed by atoms with Crippen molar-refractivity contribution < 1.29 is 9.59 Å². The maximum absolute atomic E-state index is 12.9. The number of likely N-dealkylation sites (tertiary alicyclic amines) is 2. The molecule has 0 spiro atoms. The van der Waals surface area contributed by atoms with Crippen LogP contribution in [0.15, 0.2) is 18.2 Å². The zero-order valence-electron chi connectivity index (χ0n) is 15.2. The van der Waals surface area contributed by atoms with Gasteiger partial charge in [0.25, 0.3) is 0 Å². The summed E-state index contributed by atoms with van der Waals surface area (Å²) in [5, 5.41) is 3.47. The van der Waals surface area contributed by atoms with E-state index in [1.807, 2.05) is 36.9 Å². The van der Waals surface area contributed by atoms with E-state index in [1.165, 1.54) is 0 Å². The summed E-state index contributed by atoms with van der Waals surface area (Å²) in [7, 11) is 0. The van der Waals surface area contributed by atoms with Gasteiger partial charge in [-0.15, -0.1) is 0 Å². The van der Waals surface area contributed by atoms with E-state index in [0.29, 0.717) is 18.9 Å². The summed E-state index contributed by atoms with van der Waals surface area (Å²) >= 11 is 0. The van der Waals surface area contributed by atoms with Gasteiger partial charge in [0.15, 0.2) is 0 Å². The molecule has 25 heavy (non-hydrogen) atoms. The molecule has 1 aromatic rings. The Morgan fingerprint density at radius 2 is 2.08 bits per heavy atom. The Hall–Kier alpha value is -2.11. The van der Waals surface area contributed by atoms with Crippen LogP contribution in [0.2, 0.25) is 0 Å². The van der Waals surface area contributed by atoms with Crippen molar-refractivity contribution in [3.8, 4) is 0 Å². The number of pyridine rings is 1. The number of carbonyl (C=O) groups excluding carboxylic acids is 2. The third-order valence-corrected chi connectivity index (χ3v) is 5.20. The number of hydrogen-bond acceptors (Lipinski definition) is 4. The normalized spacial score (nSPS) is 20.0. The van der Waals surface area contributed by atoms with Crippen LogP contribution in [0, 0.1) is 6.92 Å². The lowest BCUT2D eigenvalue weighted by molar-refractivity contribution is -0.144. The van der Waals surface area contributed by atoms with Crippen molar-refractivity contribution >= 4 is 17.6 Å². The molecule has 3 rings (SSSR count). The molecule has 2 fully saturated rings. The number of hydrogen-bond donors (Lipinski definition) is 1. The van der Waals surface area contributed by atoms with Gasteiger partial charge in [-0.2, -0.15) is 0 Å². The fourth-order valence-corrected chi connectivity index (χ4v) is 3.81. The molecular weight excluding hydrogens is 316 g/mol. The molecule has 1 aromatic heterocycles. The van der Waals surface area contributed by atoms with Crippen LogP contribution < -0.4 is 5.32 Å². The summed E-state index contributed by atoms with van der Waals surface area (Å²) in [5.41, 5.74) is 0.999. The number of amides is 2. The number of nitrogens with one attached hydrogen (secondary N) is 1. The van der Waals surface area contributed by atoms with Gasteiger partial charge in [-0.1, -0.05) is 13.0 Å². The van der Waals surface area contributed by atoms with Gasteiger partial charge in [-0.05, 0) is 44.7 Å². The van der Waals surface area contributed by atoms with Crippen LogP contribution in [0.5, 0.6) is 0 Å². The second-order valence-electron chi connectivity index (χ2n) is 7.02. The molecule has 0 radical (unpaired) electrons. The van der Waals surface area contributed by atoms with E-state index < -0.39 is 0 Å². The highest BCUT2D eigenvalue weighted by Crippen LogP contribution is 2.21. The number of aromatic nitrogens is 1. The first-order valence-corrected chi connectivity index (χ1v) is 9.37. The highest BCUT2D eigenvalue weighted by atomic mass is 16.2. The standard InChI is InChI=1S/C19H28N4O2/c1-3-16(23-11-5-8-18(23)24)19(25)22-12-9-15(10-13-22)21-17-7-4-6-14(2)20-17/h4,6-7,15-16H,3,5,8-13H2,1-2H3,(H,20,21)/t16-/m1/s1. The first-order valence-electron chi connectivity index (χ1n) is 9.37.